The van der Waals surface area contributed by atoms with Gasteiger partial charge in [0.25, 0.3) is 0 Å². The summed E-state index contributed by atoms with van der Waals surface area (Å²) in [7, 11) is 1.24. The second-order valence-electron chi connectivity index (χ2n) is 5.97. The van der Waals surface area contributed by atoms with E-state index in [1.807, 2.05) is 0 Å². The molecule has 1 aliphatic heterocycles. The zero-order valence-electron chi connectivity index (χ0n) is 14.3. The van der Waals surface area contributed by atoms with Crippen molar-refractivity contribution in [3.05, 3.63) is 52.3 Å². The normalized spacial score (nSPS) is 17.4. The van der Waals surface area contributed by atoms with Crippen molar-refractivity contribution in [3.8, 4) is 0 Å². The molecule has 0 saturated heterocycles. The van der Waals surface area contributed by atoms with E-state index in [-0.39, 0.29) is 5.56 Å². The fourth-order valence-electron chi connectivity index (χ4n) is 3.04. The van der Waals surface area contributed by atoms with Crippen LogP contribution in [0.25, 0.3) is 0 Å². The van der Waals surface area contributed by atoms with Crippen LogP contribution >= 0.6 is 11.6 Å². The van der Waals surface area contributed by atoms with Crippen molar-refractivity contribution in [1.29, 1.82) is 0 Å². The molecule has 0 aliphatic carbocycles. The molecule has 0 fully saturated rings. The van der Waals surface area contributed by atoms with Crippen molar-refractivity contribution >= 4 is 23.6 Å². The minimum atomic E-state index is -0.835. The first-order valence-electron chi connectivity index (χ1n) is 8.04. The van der Waals surface area contributed by atoms with E-state index in [4.69, 9.17) is 11.6 Å². The highest BCUT2D eigenvalue weighted by atomic mass is 35.5. The van der Waals surface area contributed by atoms with Crippen LogP contribution in [0.1, 0.15) is 29.9 Å². The van der Waals surface area contributed by atoms with Gasteiger partial charge in [-0.15, -0.1) is 0 Å². The van der Waals surface area contributed by atoms with Crippen LogP contribution in [0.3, 0.4) is 0 Å². The Morgan fingerprint density at radius 1 is 1.50 bits per heavy atom. The first-order valence-corrected chi connectivity index (χ1v) is 8.42. The summed E-state index contributed by atoms with van der Waals surface area (Å²) >= 11 is 6.03. The van der Waals surface area contributed by atoms with Crippen molar-refractivity contribution in [1.82, 2.24) is 20.2 Å². The number of aromatic amines is 1. The summed E-state index contributed by atoms with van der Waals surface area (Å²) in [6, 6.07) is 2.08. The number of hydrogen-bond donors (Lipinski definition) is 2. The zero-order chi connectivity index (χ0) is 18.8. The second kappa shape index (κ2) is 7.33. The molecule has 2 amide bonds. The van der Waals surface area contributed by atoms with Gasteiger partial charge in [0.2, 0.25) is 0 Å². The predicted molar refractivity (Wildman–Crippen MR) is 92.3 cm³/mol. The number of aromatic nitrogens is 2. The molecule has 2 heterocycles. The number of fused-ring (bicyclic) bond motifs is 1. The summed E-state index contributed by atoms with van der Waals surface area (Å²) in [5.41, 5.74) is 1.63. The highest BCUT2D eigenvalue weighted by Crippen LogP contribution is 2.35. The highest BCUT2D eigenvalue weighted by Gasteiger charge is 2.36. The van der Waals surface area contributed by atoms with Gasteiger partial charge in [0.05, 0.1) is 19.1 Å². The summed E-state index contributed by atoms with van der Waals surface area (Å²) in [4.78, 5) is 33.1. The smallest absolute Gasteiger partial charge is 0.328 e. The van der Waals surface area contributed by atoms with E-state index >= 15 is 0 Å². The van der Waals surface area contributed by atoms with Crippen LogP contribution < -0.4 is 5.32 Å². The fourth-order valence-corrected chi connectivity index (χ4v) is 3.22. The third-order valence-corrected chi connectivity index (χ3v) is 4.57. The molecule has 7 nitrogen and oxygen atoms in total. The average molecular weight is 381 g/mol. The molecule has 26 heavy (non-hydrogen) atoms. The Labute approximate surface area is 154 Å². The number of benzene rings is 1. The molecule has 1 aliphatic rings. The lowest BCUT2D eigenvalue weighted by molar-refractivity contribution is -0.142. The van der Waals surface area contributed by atoms with Crippen molar-refractivity contribution in [2.45, 2.75) is 25.4 Å². The SMILES string of the molecule is COC(=O)C(C)NC(=O)N1CCc2[nH]cnc2C1c1cc(Cl)ccc1F. The molecule has 1 aromatic heterocycles. The van der Waals surface area contributed by atoms with E-state index in [1.165, 1.54) is 43.5 Å². The quantitative estimate of drug-likeness (QED) is 0.800. The lowest BCUT2D eigenvalue weighted by Crippen LogP contribution is -2.50. The first kappa shape index (κ1) is 18.2. The lowest BCUT2D eigenvalue weighted by atomic mass is 9.95. The number of esters is 1. The molecule has 138 valence electrons. The summed E-state index contributed by atoms with van der Waals surface area (Å²) < 4.78 is 19.1. The Balaban J connectivity index is 1.97. The van der Waals surface area contributed by atoms with Crippen LogP contribution in [0.5, 0.6) is 0 Å². The van der Waals surface area contributed by atoms with E-state index in [9.17, 15) is 14.0 Å². The van der Waals surface area contributed by atoms with Gasteiger partial charge in [-0.3, -0.25) is 0 Å². The number of amides is 2. The van der Waals surface area contributed by atoms with E-state index in [1.54, 1.807) is 0 Å². The lowest BCUT2D eigenvalue weighted by Gasteiger charge is -2.35. The first-order chi connectivity index (χ1) is 12.4. The standard InChI is InChI=1S/C17H18ClFN4O3/c1-9(16(24)26-2)22-17(25)23-6-5-13-14(21-8-20-13)15(23)11-7-10(18)3-4-12(11)19/h3-4,7-9,15H,5-6H2,1-2H3,(H,20,21)(H,22,25). The monoisotopic (exact) mass is 380 g/mol. The number of ether oxygens (including phenoxy) is 1. The molecule has 2 aromatic rings. The van der Waals surface area contributed by atoms with Crippen LogP contribution in [0.2, 0.25) is 5.02 Å². The molecule has 2 N–H and O–H groups in total. The summed E-state index contributed by atoms with van der Waals surface area (Å²) in [5.74, 6) is -1.06. The second-order valence-corrected chi connectivity index (χ2v) is 6.41. The minimum Gasteiger partial charge on any atom is -0.467 e. The molecule has 1 aromatic carbocycles. The highest BCUT2D eigenvalue weighted by molar-refractivity contribution is 6.30. The molecular weight excluding hydrogens is 363 g/mol. The van der Waals surface area contributed by atoms with Gasteiger partial charge in [-0.05, 0) is 25.1 Å². The maximum Gasteiger partial charge on any atom is 0.328 e. The summed E-state index contributed by atoms with van der Waals surface area (Å²) in [6.45, 7) is 1.84. The van der Waals surface area contributed by atoms with E-state index in [0.29, 0.717) is 23.7 Å². The number of halogens is 2. The number of imidazole rings is 1. The molecule has 0 bridgehead atoms. The van der Waals surface area contributed by atoms with Crippen LogP contribution in [0, 0.1) is 5.82 Å². The number of nitrogens with zero attached hydrogens (tertiary/aromatic N) is 2. The molecule has 0 spiro atoms. The molecular formula is C17H18ClFN4O3. The molecule has 9 heteroatoms. The Morgan fingerprint density at radius 2 is 2.27 bits per heavy atom. The van der Waals surface area contributed by atoms with E-state index in [0.717, 1.165) is 5.69 Å². The van der Waals surface area contributed by atoms with E-state index in [2.05, 4.69) is 20.0 Å². The van der Waals surface area contributed by atoms with Gasteiger partial charge >= 0.3 is 12.0 Å². The number of hydrogen-bond acceptors (Lipinski definition) is 4. The Bertz CT molecular complexity index is 841. The van der Waals surface area contributed by atoms with E-state index < -0.39 is 29.9 Å². The summed E-state index contributed by atoms with van der Waals surface area (Å²) in [6.07, 6.45) is 2.05. The van der Waals surface area contributed by atoms with Crippen LogP contribution in [0.15, 0.2) is 24.5 Å². The summed E-state index contributed by atoms with van der Waals surface area (Å²) in [5, 5.41) is 2.93. The van der Waals surface area contributed by atoms with Gasteiger partial charge < -0.3 is 19.9 Å². The third-order valence-electron chi connectivity index (χ3n) is 4.33. The number of nitrogens with one attached hydrogen (secondary N) is 2. The van der Waals surface area contributed by atoms with Gasteiger partial charge in [-0.1, -0.05) is 11.6 Å². The number of methoxy groups -OCH3 is 1. The molecule has 0 saturated carbocycles. The number of carbonyl (C=O) groups excluding carboxylic acids is 2. The fraction of sp³-hybridized carbons (Fsp3) is 0.353. The maximum absolute atomic E-state index is 14.5. The van der Waals surface area contributed by atoms with Gasteiger partial charge in [-0.25, -0.2) is 19.0 Å². The third kappa shape index (κ3) is 3.37. The Hall–Kier alpha value is -2.61. The molecule has 2 atom stereocenters. The van der Waals surface area contributed by atoms with Crippen molar-refractivity contribution in [3.63, 3.8) is 0 Å². The zero-order valence-corrected chi connectivity index (χ0v) is 15.0. The van der Waals surface area contributed by atoms with Crippen LogP contribution in [0.4, 0.5) is 9.18 Å². The average Bonchev–Trinajstić information content (AvgIpc) is 3.10. The maximum atomic E-state index is 14.5. The minimum absolute atomic E-state index is 0.242. The number of urea groups is 1. The van der Waals surface area contributed by atoms with Crippen LogP contribution in [-0.2, 0) is 16.0 Å². The molecule has 3 rings (SSSR count). The van der Waals surface area contributed by atoms with Gasteiger partial charge in [0.1, 0.15) is 17.9 Å². The molecule has 0 radical (unpaired) electrons. The van der Waals surface area contributed by atoms with Crippen LogP contribution in [-0.4, -0.2) is 46.6 Å². The van der Waals surface area contributed by atoms with Crippen molar-refractivity contribution in [2.75, 3.05) is 13.7 Å². The Morgan fingerprint density at radius 3 is 3.00 bits per heavy atom. The largest absolute Gasteiger partial charge is 0.467 e. The number of rotatable bonds is 3. The van der Waals surface area contributed by atoms with Gasteiger partial charge in [0.15, 0.2) is 0 Å². The number of carbonyl (C=O) groups is 2. The van der Waals surface area contributed by atoms with Gasteiger partial charge in [0, 0.05) is 29.2 Å². The Kier molecular flexibility index (Phi) is 5.13. The molecule has 2 unspecified atom stereocenters. The van der Waals surface area contributed by atoms with Gasteiger partial charge in [-0.2, -0.15) is 0 Å². The number of H-pyrrole nitrogens is 1. The van der Waals surface area contributed by atoms with Crippen molar-refractivity contribution in [2.24, 2.45) is 0 Å². The topological polar surface area (TPSA) is 87.3 Å². The predicted octanol–water partition coefficient (Wildman–Crippen LogP) is 2.42. The van der Waals surface area contributed by atoms with Crippen molar-refractivity contribution < 1.29 is 18.7 Å².